The first-order valence-electron chi connectivity index (χ1n) is 6.96. The first-order chi connectivity index (χ1) is 9.22. The Balaban J connectivity index is 1.70. The van der Waals surface area contributed by atoms with Crippen molar-refractivity contribution < 1.29 is 9.59 Å². The maximum atomic E-state index is 12.2. The lowest BCUT2D eigenvalue weighted by molar-refractivity contribution is -0.115. The minimum absolute atomic E-state index is 0.000149. The molecule has 3 rings (SSSR count). The van der Waals surface area contributed by atoms with Crippen LogP contribution in [0.15, 0.2) is 18.2 Å². The molecule has 1 fully saturated rings. The van der Waals surface area contributed by atoms with Gasteiger partial charge in [-0.2, -0.15) is 0 Å². The highest BCUT2D eigenvalue weighted by molar-refractivity contribution is 6.02. The van der Waals surface area contributed by atoms with Gasteiger partial charge < -0.3 is 10.6 Å². The maximum absolute atomic E-state index is 12.2. The minimum Gasteiger partial charge on any atom is -0.349 e. The normalized spacial score (nSPS) is 18.8. The van der Waals surface area contributed by atoms with Gasteiger partial charge in [0.05, 0.1) is 6.42 Å². The summed E-state index contributed by atoms with van der Waals surface area (Å²) in [6.07, 6.45) is 6.24. The van der Waals surface area contributed by atoms with E-state index in [9.17, 15) is 9.59 Å². The van der Waals surface area contributed by atoms with Crippen molar-refractivity contribution in [3.63, 3.8) is 0 Å². The number of amides is 2. The largest absolute Gasteiger partial charge is 0.349 e. The second-order valence-electron chi connectivity index (χ2n) is 5.41. The van der Waals surface area contributed by atoms with Gasteiger partial charge in [-0.25, -0.2) is 0 Å². The Morgan fingerprint density at radius 3 is 2.79 bits per heavy atom. The first-order valence-corrected chi connectivity index (χ1v) is 6.96. The lowest BCUT2D eigenvalue weighted by Crippen LogP contribution is -2.36. The zero-order valence-electron chi connectivity index (χ0n) is 10.9. The van der Waals surface area contributed by atoms with E-state index in [0.29, 0.717) is 18.0 Å². The van der Waals surface area contributed by atoms with E-state index in [-0.39, 0.29) is 11.8 Å². The molecule has 1 aliphatic carbocycles. The van der Waals surface area contributed by atoms with E-state index in [2.05, 4.69) is 10.6 Å². The number of anilines is 1. The number of hydrogen-bond acceptors (Lipinski definition) is 2. The number of nitrogens with one attached hydrogen (secondary N) is 2. The quantitative estimate of drug-likeness (QED) is 0.854. The molecule has 0 spiro atoms. The van der Waals surface area contributed by atoms with Crippen LogP contribution >= 0.6 is 0 Å². The summed E-state index contributed by atoms with van der Waals surface area (Å²) in [5.74, 6) is -0.0318. The van der Waals surface area contributed by atoms with Crippen molar-refractivity contribution in [1.29, 1.82) is 0 Å². The van der Waals surface area contributed by atoms with Gasteiger partial charge in [0, 0.05) is 17.3 Å². The first kappa shape index (κ1) is 12.2. The van der Waals surface area contributed by atoms with Crippen molar-refractivity contribution >= 4 is 17.5 Å². The minimum atomic E-state index is -0.0316. The highest BCUT2D eigenvalue weighted by Gasteiger charge is 2.21. The van der Waals surface area contributed by atoms with Gasteiger partial charge in [-0.3, -0.25) is 9.59 Å². The van der Waals surface area contributed by atoms with E-state index in [0.717, 1.165) is 24.1 Å². The number of carbonyl (C=O) groups is 2. The van der Waals surface area contributed by atoms with Crippen LogP contribution in [0, 0.1) is 0 Å². The third kappa shape index (κ3) is 2.62. The van der Waals surface area contributed by atoms with Crippen LogP contribution < -0.4 is 10.6 Å². The molecule has 1 aromatic carbocycles. The van der Waals surface area contributed by atoms with Gasteiger partial charge in [-0.05, 0) is 30.5 Å². The lowest BCUT2D eigenvalue weighted by Gasteiger charge is -2.22. The van der Waals surface area contributed by atoms with Gasteiger partial charge in [0.15, 0.2) is 0 Å². The topological polar surface area (TPSA) is 58.2 Å². The van der Waals surface area contributed by atoms with Crippen molar-refractivity contribution in [3.8, 4) is 0 Å². The van der Waals surface area contributed by atoms with E-state index < -0.39 is 0 Å². The molecule has 1 saturated carbocycles. The summed E-state index contributed by atoms with van der Waals surface area (Å²) in [5.41, 5.74) is 2.38. The van der Waals surface area contributed by atoms with Crippen LogP contribution in [0.4, 0.5) is 5.69 Å². The second kappa shape index (κ2) is 5.03. The summed E-state index contributed by atoms with van der Waals surface area (Å²) < 4.78 is 0. The number of hydrogen-bond donors (Lipinski definition) is 2. The molecule has 100 valence electrons. The molecule has 0 saturated heterocycles. The molecule has 2 N–H and O–H groups in total. The molecule has 1 aromatic rings. The van der Waals surface area contributed by atoms with Crippen molar-refractivity contribution in [2.24, 2.45) is 0 Å². The molecule has 19 heavy (non-hydrogen) atoms. The Morgan fingerprint density at radius 2 is 2.00 bits per heavy atom. The van der Waals surface area contributed by atoms with E-state index >= 15 is 0 Å². The van der Waals surface area contributed by atoms with Crippen molar-refractivity contribution in [3.05, 3.63) is 29.3 Å². The Morgan fingerprint density at radius 1 is 1.21 bits per heavy atom. The summed E-state index contributed by atoms with van der Waals surface area (Å²) in [6, 6.07) is 5.75. The Kier molecular flexibility index (Phi) is 3.23. The molecule has 2 amide bonds. The van der Waals surface area contributed by atoms with Crippen LogP contribution in [-0.4, -0.2) is 17.9 Å². The zero-order valence-corrected chi connectivity index (χ0v) is 10.9. The molecule has 1 aliphatic heterocycles. The third-order valence-corrected chi connectivity index (χ3v) is 3.94. The van der Waals surface area contributed by atoms with Crippen LogP contribution in [0.3, 0.4) is 0 Å². The van der Waals surface area contributed by atoms with Crippen LogP contribution in [0.5, 0.6) is 0 Å². The molecule has 4 heteroatoms. The fraction of sp³-hybridized carbons (Fsp3) is 0.467. The predicted octanol–water partition coefficient (Wildman–Crippen LogP) is 2.24. The fourth-order valence-corrected chi connectivity index (χ4v) is 2.87. The van der Waals surface area contributed by atoms with Crippen molar-refractivity contribution in [1.82, 2.24) is 5.32 Å². The summed E-state index contributed by atoms with van der Waals surface area (Å²) in [4.78, 5) is 23.5. The molecule has 0 unspecified atom stereocenters. The molecule has 4 nitrogen and oxygen atoms in total. The Bertz CT molecular complexity index is 519. The van der Waals surface area contributed by atoms with Crippen LogP contribution in [0.25, 0.3) is 0 Å². The van der Waals surface area contributed by atoms with Gasteiger partial charge in [-0.15, -0.1) is 0 Å². The SMILES string of the molecule is O=C1Cc2ccc(C(=O)NC3CCCCC3)cc2N1. The highest BCUT2D eigenvalue weighted by atomic mass is 16.2. The molecular formula is C15H18N2O2. The molecule has 2 aliphatic rings. The maximum Gasteiger partial charge on any atom is 0.251 e. The molecule has 0 bridgehead atoms. The average Bonchev–Trinajstić information content (AvgIpc) is 2.78. The van der Waals surface area contributed by atoms with E-state index in [1.807, 2.05) is 6.07 Å². The number of fused-ring (bicyclic) bond motifs is 1. The van der Waals surface area contributed by atoms with Gasteiger partial charge in [0.25, 0.3) is 5.91 Å². The summed E-state index contributed by atoms with van der Waals surface area (Å²) in [7, 11) is 0. The van der Waals surface area contributed by atoms with E-state index in [1.54, 1.807) is 12.1 Å². The van der Waals surface area contributed by atoms with Crippen LogP contribution in [0.2, 0.25) is 0 Å². The van der Waals surface area contributed by atoms with E-state index in [4.69, 9.17) is 0 Å². The van der Waals surface area contributed by atoms with Crippen molar-refractivity contribution in [2.45, 2.75) is 44.6 Å². The van der Waals surface area contributed by atoms with Gasteiger partial charge in [-0.1, -0.05) is 25.3 Å². The van der Waals surface area contributed by atoms with Gasteiger partial charge in [0.1, 0.15) is 0 Å². The van der Waals surface area contributed by atoms with Gasteiger partial charge in [0.2, 0.25) is 5.91 Å². The van der Waals surface area contributed by atoms with E-state index in [1.165, 1.54) is 19.3 Å². The summed E-state index contributed by atoms with van der Waals surface area (Å²) in [5, 5.41) is 5.86. The molecule has 0 radical (unpaired) electrons. The lowest BCUT2D eigenvalue weighted by atomic mass is 9.95. The smallest absolute Gasteiger partial charge is 0.251 e. The van der Waals surface area contributed by atoms with Crippen LogP contribution in [0.1, 0.15) is 48.0 Å². The highest BCUT2D eigenvalue weighted by Crippen LogP contribution is 2.24. The number of carbonyl (C=O) groups excluding carboxylic acids is 2. The van der Waals surface area contributed by atoms with Gasteiger partial charge >= 0.3 is 0 Å². The standard InChI is InChI=1S/C15H18N2O2/c18-14-9-10-6-7-11(8-13(10)17-14)15(19)16-12-4-2-1-3-5-12/h6-8,12H,1-5,9H2,(H,16,19)(H,17,18). The monoisotopic (exact) mass is 258 g/mol. The Labute approximate surface area is 112 Å². The molecular weight excluding hydrogens is 240 g/mol. The molecule has 1 heterocycles. The molecule has 0 aromatic heterocycles. The average molecular weight is 258 g/mol. The predicted molar refractivity (Wildman–Crippen MR) is 73.1 cm³/mol. The summed E-state index contributed by atoms with van der Waals surface area (Å²) >= 11 is 0. The van der Waals surface area contributed by atoms with Crippen LogP contribution in [-0.2, 0) is 11.2 Å². The number of benzene rings is 1. The zero-order chi connectivity index (χ0) is 13.2. The molecule has 0 atom stereocenters. The van der Waals surface area contributed by atoms with Crippen molar-refractivity contribution in [2.75, 3.05) is 5.32 Å². The second-order valence-corrected chi connectivity index (χ2v) is 5.41. The number of rotatable bonds is 2. The Hall–Kier alpha value is -1.84. The summed E-state index contributed by atoms with van der Waals surface area (Å²) in [6.45, 7) is 0. The fourth-order valence-electron chi connectivity index (χ4n) is 2.87. The third-order valence-electron chi connectivity index (χ3n) is 3.94.